The largest absolute Gasteiger partial charge is 0.491 e. The summed E-state index contributed by atoms with van der Waals surface area (Å²) in [5.41, 5.74) is 5.00. The van der Waals surface area contributed by atoms with Gasteiger partial charge in [0, 0.05) is 6.07 Å². The van der Waals surface area contributed by atoms with Gasteiger partial charge in [0.05, 0.1) is 6.10 Å². The van der Waals surface area contributed by atoms with Gasteiger partial charge in [0.25, 0.3) is 0 Å². The van der Waals surface area contributed by atoms with E-state index in [0.717, 1.165) is 23.5 Å². The molecule has 2 heteroatoms. The second kappa shape index (κ2) is 7.35. The number of hydrogen-bond donors (Lipinski definition) is 0. The van der Waals surface area contributed by atoms with Crippen LogP contribution in [0, 0.1) is 0 Å². The van der Waals surface area contributed by atoms with E-state index in [4.69, 9.17) is 9.47 Å². The first-order valence-electron chi connectivity index (χ1n) is 7.92. The molecule has 2 nitrogen and oxygen atoms in total. The highest BCUT2D eigenvalue weighted by Crippen LogP contribution is 2.28. The molecule has 0 bridgehead atoms. The smallest absolute Gasteiger partial charge is 0.124 e. The minimum Gasteiger partial charge on any atom is -0.491 e. The SMILES string of the molecule is C/C=C(/C)c1cc(OCC2=CCC(C)=C2)cc(OC(C)C)c1. The van der Waals surface area contributed by atoms with E-state index in [1.807, 2.05) is 26.8 Å². The molecule has 0 fully saturated rings. The molecule has 1 aliphatic carbocycles. The zero-order valence-electron chi connectivity index (χ0n) is 14.3. The highest BCUT2D eigenvalue weighted by atomic mass is 16.5. The van der Waals surface area contributed by atoms with Gasteiger partial charge in [-0.1, -0.05) is 23.8 Å². The van der Waals surface area contributed by atoms with E-state index < -0.39 is 0 Å². The Morgan fingerprint density at radius 2 is 1.95 bits per heavy atom. The third-order valence-corrected chi connectivity index (χ3v) is 3.66. The Balaban J connectivity index is 2.18. The lowest BCUT2D eigenvalue weighted by atomic mass is 10.1. The first kappa shape index (κ1) is 16.4. The fourth-order valence-corrected chi connectivity index (χ4v) is 2.38. The van der Waals surface area contributed by atoms with Crippen molar-refractivity contribution >= 4 is 5.57 Å². The molecule has 1 aliphatic rings. The molecule has 0 aromatic heterocycles. The maximum absolute atomic E-state index is 5.98. The molecule has 0 spiro atoms. The fourth-order valence-electron chi connectivity index (χ4n) is 2.38. The molecule has 0 radical (unpaired) electrons. The molecule has 2 rings (SSSR count). The van der Waals surface area contributed by atoms with Crippen LogP contribution in [-0.4, -0.2) is 12.7 Å². The van der Waals surface area contributed by atoms with Crippen LogP contribution in [0.25, 0.3) is 5.57 Å². The Hall–Kier alpha value is -1.96. The van der Waals surface area contributed by atoms with Gasteiger partial charge in [-0.05, 0) is 69.9 Å². The van der Waals surface area contributed by atoms with Crippen molar-refractivity contribution in [3.63, 3.8) is 0 Å². The number of allylic oxidation sites excluding steroid dienone is 4. The average molecular weight is 298 g/mol. The maximum Gasteiger partial charge on any atom is 0.124 e. The van der Waals surface area contributed by atoms with Gasteiger partial charge in [-0.3, -0.25) is 0 Å². The molecular weight excluding hydrogens is 272 g/mol. The molecule has 0 heterocycles. The molecule has 1 aromatic carbocycles. The molecule has 0 amide bonds. The van der Waals surface area contributed by atoms with Gasteiger partial charge in [-0.25, -0.2) is 0 Å². The monoisotopic (exact) mass is 298 g/mol. The molecule has 0 aliphatic heterocycles. The molecule has 0 N–H and O–H groups in total. The van der Waals surface area contributed by atoms with Gasteiger partial charge in [-0.15, -0.1) is 0 Å². The predicted molar refractivity (Wildman–Crippen MR) is 93.5 cm³/mol. The van der Waals surface area contributed by atoms with E-state index in [1.54, 1.807) is 0 Å². The van der Waals surface area contributed by atoms with Crippen molar-refractivity contribution < 1.29 is 9.47 Å². The van der Waals surface area contributed by atoms with Crippen molar-refractivity contribution in [2.75, 3.05) is 6.61 Å². The minimum absolute atomic E-state index is 0.150. The van der Waals surface area contributed by atoms with E-state index in [1.165, 1.54) is 16.7 Å². The van der Waals surface area contributed by atoms with Gasteiger partial charge < -0.3 is 9.47 Å². The van der Waals surface area contributed by atoms with Gasteiger partial charge in [0.2, 0.25) is 0 Å². The molecule has 118 valence electrons. The van der Waals surface area contributed by atoms with Gasteiger partial charge >= 0.3 is 0 Å². The van der Waals surface area contributed by atoms with Crippen LogP contribution in [0.2, 0.25) is 0 Å². The summed E-state index contributed by atoms with van der Waals surface area (Å²) in [5, 5.41) is 0. The summed E-state index contributed by atoms with van der Waals surface area (Å²) in [6.45, 7) is 11.0. The number of benzene rings is 1. The zero-order valence-corrected chi connectivity index (χ0v) is 14.3. The van der Waals surface area contributed by atoms with E-state index in [0.29, 0.717) is 6.61 Å². The van der Waals surface area contributed by atoms with Crippen molar-refractivity contribution in [2.24, 2.45) is 0 Å². The first-order chi connectivity index (χ1) is 10.5. The number of rotatable bonds is 6. The van der Waals surface area contributed by atoms with Crippen molar-refractivity contribution in [1.82, 2.24) is 0 Å². The van der Waals surface area contributed by atoms with E-state index in [9.17, 15) is 0 Å². The van der Waals surface area contributed by atoms with Crippen LogP contribution in [0.4, 0.5) is 0 Å². The minimum atomic E-state index is 0.150. The second-order valence-corrected chi connectivity index (χ2v) is 6.09. The van der Waals surface area contributed by atoms with Crippen molar-refractivity contribution in [1.29, 1.82) is 0 Å². The lowest BCUT2D eigenvalue weighted by molar-refractivity contribution is 0.240. The van der Waals surface area contributed by atoms with E-state index in [2.05, 4.69) is 44.2 Å². The van der Waals surface area contributed by atoms with Gasteiger partial charge in [0.15, 0.2) is 0 Å². The van der Waals surface area contributed by atoms with Crippen LogP contribution in [0.5, 0.6) is 11.5 Å². The molecule has 0 saturated carbocycles. The lowest BCUT2D eigenvalue weighted by Gasteiger charge is -2.14. The van der Waals surface area contributed by atoms with Crippen LogP contribution in [-0.2, 0) is 0 Å². The van der Waals surface area contributed by atoms with E-state index in [-0.39, 0.29) is 6.10 Å². The van der Waals surface area contributed by atoms with Crippen LogP contribution in [0.1, 0.15) is 46.6 Å². The summed E-state index contributed by atoms with van der Waals surface area (Å²) in [6, 6.07) is 6.12. The Morgan fingerprint density at radius 3 is 2.55 bits per heavy atom. The third kappa shape index (κ3) is 4.52. The Bertz CT molecular complexity index is 619. The molecule has 1 aromatic rings. The highest BCUT2D eigenvalue weighted by molar-refractivity contribution is 5.66. The molecule has 0 atom stereocenters. The third-order valence-electron chi connectivity index (χ3n) is 3.66. The maximum atomic E-state index is 5.98. The van der Waals surface area contributed by atoms with E-state index >= 15 is 0 Å². The van der Waals surface area contributed by atoms with Crippen LogP contribution < -0.4 is 9.47 Å². The summed E-state index contributed by atoms with van der Waals surface area (Å²) in [5.74, 6) is 1.71. The summed E-state index contributed by atoms with van der Waals surface area (Å²) in [7, 11) is 0. The second-order valence-electron chi connectivity index (χ2n) is 6.09. The fraction of sp³-hybridized carbons (Fsp3) is 0.400. The van der Waals surface area contributed by atoms with Crippen LogP contribution >= 0.6 is 0 Å². The lowest BCUT2D eigenvalue weighted by Crippen LogP contribution is -2.06. The van der Waals surface area contributed by atoms with Gasteiger partial charge in [-0.2, -0.15) is 0 Å². The first-order valence-corrected chi connectivity index (χ1v) is 7.92. The topological polar surface area (TPSA) is 18.5 Å². The van der Waals surface area contributed by atoms with Crippen molar-refractivity contribution in [3.05, 3.63) is 53.1 Å². The Morgan fingerprint density at radius 1 is 1.23 bits per heavy atom. The molecule has 0 saturated heterocycles. The summed E-state index contributed by atoms with van der Waals surface area (Å²) >= 11 is 0. The quantitative estimate of drug-likeness (QED) is 0.685. The predicted octanol–water partition coefficient (Wildman–Crippen LogP) is 5.55. The summed E-state index contributed by atoms with van der Waals surface area (Å²) < 4.78 is 11.8. The molecule has 22 heavy (non-hydrogen) atoms. The van der Waals surface area contributed by atoms with Crippen LogP contribution in [0.3, 0.4) is 0 Å². The molecule has 0 unspecified atom stereocenters. The van der Waals surface area contributed by atoms with Gasteiger partial charge in [0.1, 0.15) is 18.1 Å². The van der Waals surface area contributed by atoms with Crippen LogP contribution in [0.15, 0.2) is 47.6 Å². The Kier molecular flexibility index (Phi) is 5.48. The normalized spacial score (nSPS) is 14.9. The van der Waals surface area contributed by atoms with Crippen molar-refractivity contribution in [2.45, 2.75) is 47.1 Å². The number of hydrogen-bond acceptors (Lipinski definition) is 2. The summed E-state index contributed by atoms with van der Waals surface area (Å²) in [6.07, 6.45) is 7.72. The standard InChI is InChI=1S/C20H26O2/c1-6-16(5)18-10-19(12-20(11-18)22-14(2)3)21-13-17-8-7-15(4)9-17/h6,8-12,14H,7,13H2,1-5H3/b16-6-. The number of ether oxygens (including phenoxy) is 2. The highest BCUT2D eigenvalue weighted by Gasteiger charge is 2.08. The molecular formula is C20H26O2. The Labute approximate surface area is 134 Å². The average Bonchev–Trinajstić information content (AvgIpc) is 2.89. The van der Waals surface area contributed by atoms with Crippen molar-refractivity contribution in [3.8, 4) is 11.5 Å². The zero-order chi connectivity index (χ0) is 16.1. The summed E-state index contributed by atoms with van der Waals surface area (Å²) in [4.78, 5) is 0.